The van der Waals surface area contributed by atoms with Crippen molar-refractivity contribution < 1.29 is 0 Å². The average Bonchev–Trinajstić information content (AvgIpc) is 3.14. The molecule has 0 saturated carbocycles. The molecule has 0 unspecified atom stereocenters. The highest BCUT2D eigenvalue weighted by molar-refractivity contribution is 7.98. The third kappa shape index (κ3) is 2.51. The third-order valence-corrected chi connectivity index (χ3v) is 4.93. The summed E-state index contributed by atoms with van der Waals surface area (Å²) in [4.78, 5) is 0. The highest BCUT2D eigenvalue weighted by atomic mass is 32.2. The van der Waals surface area contributed by atoms with Gasteiger partial charge in [0, 0.05) is 12.3 Å². The van der Waals surface area contributed by atoms with E-state index in [1.54, 1.807) is 11.8 Å². The molecular weight excluding hydrogens is 304 g/mol. The first-order chi connectivity index (χ1) is 11.4. The fourth-order valence-electron chi connectivity index (χ4n) is 2.90. The summed E-state index contributed by atoms with van der Waals surface area (Å²) in [6, 6.07) is 18.9. The van der Waals surface area contributed by atoms with Crippen molar-refractivity contribution >= 4 is 28.6 Å². The highest BCUT2D eigenvalue weighted by Crippen LogP contribution is 2.27. The molecule has 0 aliphatic rings. The van der Waals surface area contributed by atoms with E-state index >= 15 is 0 Å². The molecule has 0 aliphatic carbocycles. The molecule has 4 rings (SSSR count). The molecule has 2 aromatic heterocycles. The summed E-state index contributed by atoms with van der Waals surface area (Å²) in [5.41, 5.74) is 3.70. The Bertz CT molecular complexity index is 940. The Labute approximate surface area is 139 Å². The van der Waals surface area contributed by atoms with Crippen LogP contribution < -0.4 is 0 Å². The number of hydrogen-bond donors (Lipinski definition) is 0. The van der Waals surface area contributed by atoms with Gasteiger partial charge in [-0.2, -0.15) is 0 Å². The Kier molecular flexibility index (Phi) is 3.79. The van der Waals surface area contributed by atoms with E-state index in [-0.39, 0.29) is 0 Å². The summed E-state index contributed by atoms with van der Waals surface area (Å²) in [5, 5.41) is 9.81. The second-order valence-electron chi connectivity index (χ2n) is 5.53. The van der Waals surface area contributed by atoms with Gasteiger partial charge in [0.2, 0.25) is 5.78 Å². The maximum atomic E-state index is 4.44. The van der Waals surface area contributed by atoms with E-state index in [0.29, 0.717) is 0 Å². The zero-order chi connectivity index (χ0) is 15.6. The Morgan fingerprint density at radius 1 is 0.913 bits per heavy atom. The van der Waals surface area contributed by atoms with Gasteiger partial charge < -0.3 is 4.57 Å². The van der Waals surface area contributed by atoms with Crippen LogP contribution in [0.1, 0.15) is 18.9 Å². The summed E-state index contributed by atoms with van der Waals surface area (Å²) in [6.07, 6.45) is 1.08. The first-order valence-electron chi connectivity index (χ1n) is 7.87. The molecule has 116 valence electrons. The van der Waals surface area contributed by atoms with Crippen LogP contribution in [0.15, 0.2) is 59.8 Å². The van der Waals surface area contributed by atoms with Crippen LogP contribution in [0.5, 0.6) is 0 Å². The van der Waals surface area contributed by atoms with Crippen molar-refractivity contribution in [2.24, 2.45) is 0 Å². The molecule has 2 heterocycles. The predicted molar refractivity (Wildman–Crippen MR) is 94.8 cm³/mol. The van der Waals surface area contributed by atoms with Crippen LogP contribution in [0.3, 0.4) is 0 Å². The molecular formula is C18H18N4S. The molecule has 0 amide bonds. The van der Waals surface area contributed by atoms with E-state index in [1.807, 2.05) is 6.07 Å². The molecule has 5 heteroatoms. The number of aryl methyl sites for hydroxylation is 1. The molecule has 0 spiro atoms. The van der Waals surface area contributed by atoms with E-state index in [2.05, 4.69) is 74.6 Å². The molecule has 0 radical (unpaired) electrons. The zero-order valence-electron chi connectivity index (χ0n) is 13.0. The van der Waals surface area contributed by atoms with E-state index in [1.165, 1.54) is 16.6 Å². The lowest BCUT2D eigenvalue weighted by Gasteiger charge is -2.00. The van der Waals surface area contributed by atoms with Crippen molar-refractivity contribution in [3.05, 3.63) is 60.2 Å². The normalized spacial score (nSPS) is 11.5. The number of benzene rings is 2. The SMILES string of the molecule is CCCn1c2ccccc2n2c(SCc3ccccc3)nnc12. The van der Waals surface area contributed by atoms with Crippen molar-refractivity contribution in [1.82, 2.24) is 19.2 Å². The van der Waals surface area contributed by atoms with Crippen LogP contribution in [0.25, 0.3) is 16.8 Å². The lowest BCUT2D eigenvalue weighted by molar-refractivity contribution is 0.710. The minimum atomic E-state index is 0.898. The minimum Gasteiger partial charge on any atom is -0.308 e. The van der Waals surface area contributed by atoms with Crippen molar-refractivity contribution in [3.8, 4) is 0 Å². The lowest BCUT2D eigenvalue weighted by atomic mass is 10.2. The number of rotatable bonds is 5. The molecule has 0 aliphatic heterocycles. The van der Waals surface area contributed by atoms with Gasteiger partial charge in [0.25, 0.3) is 0 Å². The summed E-state index contributed by atoms with van der Waals surface area (Å²) in [7, 11) is 0. The lowest BCUT2D eigenvalue weighted by Crippen LogP contribution is -1.97. The first-order valence-corrected chi connectivity index (χ1v) is 8.86. The van der Waals surface area contributed by atoms with Gasteiger partial charge in [-0.05, 0) is 24.1 Å². The van der Waals surface area contributed by atoms with E-state index < -0.39 is 0 Å². The molecule has 4 aromatic rings. The molecule has 23 heavy (non-hydrogen) atoms. The third-order valence-electron chi connectivity index (χ3n) is 3.93. The monoisotopic (exact) mass is 322 g/mol. The first kappa shape index (κ1) is 14.3. The second-order valence-corrected chi connectivity index (χ2v) is 6.48. The summed E-state index contributed by atoms with van der Waals surface area (Å²) in [5.74, 6) is 1.83. The maximum Gasteiger partial charge on any atom is 0.237 e. The Morgan fingerprint density at radius 3 is 2.43 bits per heavy atom. The van der Waals surface area contributed by atoms with Crippen LogP contribution in [0.2, 0.25) is 0 Å². The van der Waals surface area contributed by atoms with Crippen molar-refractivity contribution in [3.63, 3.8) is 0 Å². The molecule has 0 atom stereocenters. The van der Waals surface area contributed by atoms with Crippen LogP contribution in [0, 0.1) is 0 Å². The van der Waals surface area contributed by atoms with Crippen LogP contribution in [-0.4, -0.2) is 19.2 Å². The number of para-hydroxylation sites is 2. The van der Waals surface area contributed by atoms with Gasteiger partial charge in [-0.3, -0.25) is 4.40 Å². The number of fused-ring (bicyclic) bond motifs is 3. The molecule has 0 saturated heterocycles. The number of hydrogen-bond acceptors (Lipinski definition) is 3. The van der Waals surface area contributed by atoms with Gasteiger partial charge >= 0.3 is 0 Å². The number of nitrogens with zero attached hydrogens (tertiary/aromatic N) is 4. The van der Waals surface area contributed by atoms with Gasteiger partial charge in [0.1, 0.15) is 0 Å². The highest BCUT2D eigenvalue weighted by Gasteiger charge is 2.16. The van der Waals surface area contributed by atoms with Gasteiger partial charge in [0.05, 0.1) is 11.0 Å². The van der Waals surface area contributed by atoms with Gasteiger partial charge in [-0.15, -0.1) is 10.2 Å². The van der Waals surface area contributed by atoms with E-state index in [4.69, 9.17) is 0 Å². The largest absolute Gasteiger partial charge is 0.308 e. The quantitative estimate of drug-likeness (QED) is 0.511. The Balaban J connectivity index is 1.78. The van der Waals surface area contributed by atoms with Crippen molar-refractivity contribution in [2.45, 2.75) is 30.8 Å². The molecule has 4 nitrogen and oxygen atoms in total. The standard InChI is InChI=1S/C18H18N4S/c1-2-12-21-15-10-6-7-11-16(15)22-17(21)19-20-18(22)23-13-14-8-4-3-5-9-14/h3-11H,2,12-13H2,1H3. The summed E-state index contributed by atoms with van der Waals surface area (Å²) in [6.45, 7) is 3.14. The summed E-state index contributed by atoms with van der Waals surface area (Å²) < 4.78 is 4.44. The zero-order valence-corrected chi connectivity index (χ0v) is 13.8. The Morgan fingerprint density at radius 2 is 1.65 bits per heavy atom. The molecule has 2 aromatic carbocycles. The van der Waals surface area contributed by atoms with Crippen LogP contribution >= 0.6 is 11.8 Å². The maximum absolute atomic E-state index is 4.44. The number of thioether (sulfide) groups is 1. The fraction of sp³-hybridized carbons (Fsp3) is 0.222. The average molecular weight is 322 g/mol. The molecule has 0 N–H and O–H groups in total. The smallest absolute Gasteiger partial charge is 0.237 e. The summed E-state index contributed by atoms with van der Waals surface area (Å²) >= 11 is 1.73. The molecule has 0 bridgehead atoms. The Hall–Kier alpha value is -2.27. The number of aromatic nitrogens is 4. The van der Waals surface area contributed by atoms with E-state index in [0.717, 1.165) is 29.7 Å². The molecule has 0 fully saturated rings. The second kappa shape index (κ2) is 6.08. The van der Waals surface area contributed by atoms with Gasteiger partial charge in [0.15, 0.2) is 5.16 Å². The topological polar surface area (TPSA) is 35.1 Å². The van der Waals surface area contributed by atoms with Crippen molar-refractivity contribution in [1.29, 1.82) is 0 Å². The predicted octanol–water partition coefficient (Wildman–Crippen LogP) is 4.39. The van der Waals surface area contributed by atoms with Gasteiger partial charge in [-0.25, -0.2) is 0 Å². The fourth-order valence-corrected chi connectivity index (χ4v) is 3.79. The van der Waals surface area contributed by atoms with Gasteiger partial charge in [-0.1, -0.05) is 61.2 Å². The number of imidazole rings is 1. The van der Waals surface area contributed by atoms with E-state index in [9.17, 15) is 0 Å². The van der Waals surface area contributed by atoms with Crippen LogP contribution in [-0.2, 0) is 12.3 Å². The minimum absolute atomic E-state index is 0.898. The van der Waals surface area contributed by atoms with Crippen molar-refractivity contribution in [2.75, 3.05) is 0 Å². The van der Waals surface area contributed by atoms with Crippen LogP contribution in [0.4, 0.5) is 0 Å².